The largest absolute Gasteiger partial charge is 0.496 e. The summed E-state index contributed by atoms with van der Waals surface area (Å²) in [5.74, 6) is 0.603. The van der Waals surface area contributed by atoms with E-state index >= 15 is 0 Å². The number of halogens is 2. The number of sulfonamides is 1. The highest BCUT2D eigenvalue weighted by atomic mass is 35.5. The van der Waals surface area contributed by atoms with Gasteiger partial charge in [0.15, 0.2) is 0 Å². The van der Waals surface area contributed by atoms with Gasteiger partial charge in [0, 0.05) is 6.54 Å². The van der Waals surface area contributed by atoms with Gasteiger partial charge in [-0.05, 0) is 35.7 Å². The molecule has 2 aromatic rings. The molecule has 0 aromatic heterocycles. The third kappa shape index (κ3) is 5.39. The summed E-state index contributed by atoms with van der Waals surface area (Å²) in [6.45, 7) is 0.296. The van der Waals surface area contributed by atoms with Crippen LogP contribution < -0.4 is 9.46 Å². The van der Waals surface area contributed by atoms with E-state index in [1.165, 1.54) is 0 Å². The Kier molecular flexibility index (Phi) is 6.30. The Hall–Kier alpha value is -1.27. The first-order valence-electron chi connectivity index (χ1n) is 6.94. The second-order valence-electron chi connectivity index (χ2n) is 4.96. The molecular weight excluding hydrogens is 357 g/mol. The van der Waals surface area contributed by atoms with E-state index in [2.05, 4.69) is 4.72 Å². The summed E-state index contributed by atoms with van der Waals surface area (Å²) in [6, 6.07) is 12.3. The molecule has 0 atom stereocenters. The van der Waals surface area contributed by atoms with Crippen LogP contribution in [0.1, 0.15) is 11.1 Å². The molecule has 0 amide bonds. The van der Waals surface area contributed by atoms with Crippen molar-refractivity contribution >= 4 is 33.2 Å². The third-order valence-corrected chi connectivity index (χ3v) is 5.35. The number of rotatable bonds is 7. The molecule has 2 aromatic carbocycles. The van der Waals surface area contributed by atoms with Crippen LogP contribution >= 0.6 is 23.2 Å². The zero-order valence-electron chi connectivity index (χ0n) is 12.6. The molecule has 124 valence electrons. The number of para-hydroxylation sites is 1. The van der Waals surface area contributed by atoms with Crippen LogP contribution in [0.2, 0.25) is 10.0 Å². The molecular formula is C16H17Cl2NO3S. The summed E-state index contributed by atoms with van der Waals surface area (Å²) >= 11 is 11.7. The monoisotopic (exact) mass is 373 g/mol. The second-order valence-corrected chi connectivity index (χ2v) is 7.58. The van der Waals surface area contributed by atoms with Gasteiger partial charge < -0.3 is 4.74 Å². The predicted molar refractivity (Wildman–Crippen MR) is 93.8 cm³/mol. The lowest BCUT2D eigenvalue weighted by Crippen LogP contribution is -2.27. The first-order valence-corrected chi connectivity index (χ1v) is 9.35. The molecule has 0 saturated carbocycles. The standard InChI is InChI=1S/C16H17Cl2NO3S/c1-22-16-5-3-2-4-13(16)8-9-19-23(20,21)11-12-6-7-14(17)15(18)10-12/h2-7,10,19H,8-9,11H2,1H3. The minimum atomic E-state index is -3.45. The number of hydrogen-bond acceptors (Lipinski definition) is 3. The molecule has 4 nitrogen and oxygen atoms in total. The summed E-state index contributed by atoms with van der Waals surface area (Å²) in [4.78, 5) is 0. The average molecular weight is 374 g/mol. The van der Waals surface area contributed by atoms with Crippen molar-refractivity contribution in [3.63, 3.8) is 0 Å². The fourth-order valence-corrected chi connectivity index (χ4v) is 3.60. The summed E-state index contributed by atoms with van der Waals surface area (Å²) in [5, 5.41) is 0.741. The summed E-state index contributed by atoms with van der Waals surface area (Å²) in [6.07, 6.45) is 0.546. The van der Waals surface area contributed by atoms with Crippen LogP contribution in [0, 0.1) is 0 Å². The molecule has 0 aliphatic heterocycles. The molecule has 0 radical (unpaired) electrons. The highest BCUT2D eigenvalue weighted by Crippen LogP contribution is 2.23. The second kappa shape index (κ2) is 8.02. The van der Waals surface area contributed by atoms with Gasteiger partial charge in [0.25, 0.3) is 0 Å². The lowest BCUT2D eigenvalue weighted by Gasteiger charge is -2.10. The lowest BCUT2D eigenvalue weighted by molar-refractivity contribution is 0.409. The van der Waals surface area contributed by atoms with Crippen LogP contribution in [0.3, 0.4) is 0 Å². The van der Waals surface area contributed by atoms with Gasteiger partial charge in [-0.1, -0.05) is 47.5 Å². The zero-order valence-corrected chi connectivity index (χ0v) is 14.9. The fraction of sp³-hybridized carbons (Fsp3) is 0.250. The molecule has 0 heterocycles. The first kappa shape index (κ1) is 18.1. The Morgan fingerprint density at radius 2 is 1.83 bits per heavy atom. The van der Waals surface area contributed by atoms with Gasteiger partial charge in [-0.15, -0.1) is 0 Å². The molecule has 0 unspecified atom stereocenters. The molecule has 7 heteroatoms. The van der Waals surface area contributed by atoms with Crippen molar-refractivity contribution in [2.75, 3.05) is 13.7 Å². The molecule has 23 heavy (non-hydrogen) atoms. The highest BCUT2D eigenvalue weighted by Gasteiger charge is 2.12. The summed E-state index contributed by atoms with van der Waals surface area (Å²) in [7, 11) is -1.86. The van der Waals surface area contributed by atoms with Crippen LogP contribution in [0.15, 0.2) is 42.5 Å². The van der Waals surface area contributed by atoms with E-state index in [4.69, 9.17) is 27.9 Å². The smallest absolute Gasteiger partial charge is 0.215 e. The SMILES string of the molecule is COc1ccccc1CCNS(=O)(=O)Cc1ccc(Cl)c(Cl)c1. The number of ether oxygens (including phenoxy) is 1. The topological polar surface area (TPSA) is 55.4 Å². The van der Waals surface area contributed by atoms with E-state index in [9.17, 15) is 8.42 Å². The van der Waals surface area contributed by atoms with E-state index in [1.807, 2.05) is 24.3 Å². The van der Waals surface area contributed by atoms with E-state index in [1.54, 1.807) is 25.3 Å². The number of hydrogen-bond donors (Lipinski definition) is 1. The minimum absolute atomic E-state index is 0.143. The Morgan fingerprint density at radius 1 is 1.09 bits per heavy atom. The lowest BCUT2D eigenvalue weighted by atomic mass is 10.1. The van der Waals surface area contributed by atoms with Crippen LogP contribution in [0.5, 0.6) is 5.75 Å². The molecule has 0 saturated heterocycles. The van der Waals surface area contributed by atoms with Crippen molar-refractivity contribution in [1.82, 2.24) is 4.72 Å². The van der Waals surface area contributed by atoms with Gasteiger partial charge >= 0.3 is 0 Å². The van der Waals surface area contributed by atoms with E-state index < -0.39 is 10.0 Å². The van der Waals surface area contributed by atoms with Crippen LogP contribution in [-0.4, -0.2) is 22.1 Å². The van der Waals surface area contributed by atoms with Crippen molar-refractivity contribution < 1.29 is 13.2 Å². The first-order chi connectivity index (χ1) is 10.9. The van der Waals surface area contributed by atoms with E-state index in [0.717, 1.165) is 11.3 Å². The van der Waals surface area contributed by atoms with E-state index in [-0.39, 0.29) is 5.75 Å². The summed E-state index contributed by atoms with van der Waals surface area (Å²) in [5.41, 5.74) is 1.54. The van der Waals surface area contributed by atoms with Crippen LogP contribution in [-0.2, 0) is 22.2 Å². The molecule has 0 bridgehead atoms. The Balaban J connectivity index is 1.95. The Morgan fingerprint density at radius 3 is 2.52 bits per heavy atom. The third-order valence-electron chi connectivity index (χ3n) is 3.25. The molecule has 1 N–H and O–H groups in total. The maximum atomic E-state index is 12.1. The fourth-order valence-electron chi connectivity index (χ4n) is 2.15. The maximum Gasteiger partial charge on any atom is 0.215 e. The maximum absolute atomic E-state index is 12.1. The van der Waals surface area contributed by atoms with E-state index in [0.29, 0.717) is 28.6 Å². The van der Waals surface area contributed by atoms with Gasteiger partial charge in [-0.3, -0.25) is 0 Å². The number of methoxy groups -OCH3 is 1. The van der Waals surface area contributed by atoms with Crippen molar-refractivity contribution in [2.24, 2.45) is 0 Å². The van der Waals surface area contributed by atoms with Crippen LogP contribution in [0.25, 0.3) is 0 Å². The van der Waals surface area contributed by atoms with Crippen molar-refractivity contribution in [3.8, 4) is 5.75 Å². The van der Waals surface area contributed by atoms with Crippen molar-refractivity contribution in [3.05, 3.63) is 63.6 Å². The number of benzene rings is 2. The van der Waals surface area contributed by atoms with Gasteiger partial charge in [0.05, 0.1) is 22.9 Å². The minimum Gasteiger partial charge on any atom is -0.496 e. The zero-order chi connectivity index (χ0) is 16.9. The van der Waals surface area contributed by atoms with Crippen molar-refractivity contribution in [2.45, 2.75) is 12.2 Å². The van der Waals surface area contributed by atoms with Crippen LogP contribution in [0.4, 0.5) is 0 Å². The molecule has 0 fully saturated rings. The van der Waals surface area contributed by atoms with Gasteiger partial charge in [-0.25, -0.2) is 13.1 Å². The normalized spacial score (nSPS) is 11.4. The molecule has 2 rings (SSSR count). The predicted octanol–water partition coefficient (Wildman–Crippen LogP) is 3.66. The molecule has 0 aliphatic carbocycles. The molecule has 0 spiro atoms. The number of nitrogens with one attached hydrogen (secondary N) is 1. The average Bonchev–Trinajstić information content (AvgIpc) is 2.51. The van der Waals surface area contributed by atoms with Gasteiger partial charge in [-0.2, -0.15) is 0 Å². The van der Waals surface area contributed by atoms with Gasteiger partial charge in [0.2, 0.25) is 10.0 Å². The highest BCUT2D eigenvalue weighted by molar-refractivity contribution is 7.88. The van der Waals surface area contributed by atoms with Gasteiger partial charge in [0.1, 0.15) is 5.75 Å². The quantitative estimate of drug-likeness (QED) is 0.805. The Labute approximate surface area is 146 Å². The molecule has 0 aliphatic rings. The van der Waals surface area contributed by atoms with Crippen molar-refractivity contribution in [1.29, 1.82) is 0 Å². The summed E-state index contributed by atoms with van der Waals surface area (Å²) < 4.78 is 32.1. The Bertz CT molecular complexity index is 779.